The van der Waals surface area contributed by atoms with E-state index in [1.165, 1.54) is 23.3 Å². The van der Waals surface area contributed by atoms with Gasteiger partial charge in [-0.15, -0.1) is 11.3 Å². The third kappa shape index (κ3) is 8.19. The van der Waals surface area contributed by atoms with Crippen molar-refractivity contribution in [1.29, 1.82) is 5.26 Å². The molecule has 0 spiro atoms. The zero-order valence-electron chi connectivity index (χ0n) is 25.6. The summed E-state index contributed by atoms with van der Waals surface area (Å²) in [6.45, 7) is 5.23. The average Bonchev–Trinajstić information content (AvgIpc) is 3.55. The molecule has 0 atom stereocenters. The summed E-state index contributed by atoms with van der Waals surface area (Å²) < 4.78 is 10.8. The number of methoxy groups -OCH3 is 1. The maximum atomic E-state index is 13.1. The largest absolute Gasteiger partial charge is 0.467 e. The molecule has 0 aliphatic heterocycles. The first kappa shape index (κ1) is 33.9. The molecule has 3 amide bonds. The molecule has 4 rings (SSSR count). The first-order valence-corrected chi connectivity index (χ1v) is 15.3. The first-order valence-electron chi connectivity index (χ1n) is 14.0. The minimum atomic E-state index is -1.12. The van der Waals surface area contributed by atoms with Crippen LogP contribution in [-0.2, 0) is 9.53 Å². The van der Waals surface area contributed by atoms with Gasteiger partial charge in [0.1, 0.15) is 17.4 Å². The number of pyridine rings is 1. The number of nitrogens with one attached hydrogen (secondary N) is 2. The SMILES string of the molecule is COCOc1ccccc1-c1cc(-c2cc(NC(=O)CCN(C(=O)O)C(C)(C)C)ccc2Cl)c(C#N)c(NC(=O)c2cccs2)n1. The number of ether oxygens (including phenoxy) is 2. The van der Waals surface area contributed by atoms with Gasteiger partial charge in [0.25, 0.3) is 5.91 Å². The van der Waals surface area contributed by atoms with Crippen LogP contribution < -0.4 is 15.4 Å². The average molecular weight is 662 g/mol. The fourth-order valence-corrected chi connectivity index (χ4v) is 5.41. The molecule has 3 N–H and O–H groups in total. The third-order valence-electron chi connectivity index (χ3n) is 6.75. The van der Waals surface area contributed by atoms with E-state index in [9.17, 15) is 24.8 Å². The van der Waals surface area contributed by atoms with Crippen LogP contribution in [0.15, 0.2) is 66.0 Å². The summed E-state index contributed by atoms with van der Waals surface area (Å²) in [5, 5.41) is 27.5. The molecule has 11 nitrogen and oxygen atoms in total. The van der Waals surface area contributed by atoms with Crippen LogP contribution in [0.4, 0.5) is 16.3 Å². The van der Waals surface area contributed by atoms with Crippen LogP contribution in [0.2, 0.25) is 5.02 Å². The molecule has 4 aromatic rings. The number of hydrogen-bond acceptors (Lipinski definition) is 8. The highest BCUT2D eigenvalue weighted by atomic mass is 35.5. The van der Waals surface area contributed by atoms with Gasteiger partial charge in [-0.1, -0.05) is 29.8 Å². The highest BCUT2D eigenvalue weighted by Gasteiger charge is 2.26. The molecule has 13 heteroatoms. The van der Waals surface area contributed by atoms with Gasteiger partial charge in [-0.25, -0.2) is 9.78 Å². The van der Waals surface area contributed by atoms with Gasteiger partial charge in [0.2, 0.25) is 5.91 Å². The van der Waals surface area contributed by atoms with Crippen molar-refractivity contribution in [2.75, 3.05) is 31.1 Å². The Labute approximate surface area is 275 Å². The number of thiophene rings is 1. The summed E-state index contributed by atoms with van der Waals surface area (Å²) >= 11 is 7.92. The van der Waals surface area contributed by atoms with E-state index >= 15 is 0 Å². The fourth-order valence-electron chi connectivity index (χ4n) is 4.57. The van der Waals surface area contributed by atoms with E-state index in [0.29, 0.717) is 38.7 Å². The normalized spacial score (nSPS) is 11.0. The molecule has 0 aliphatic carbocycles. The molecule has 46 heavy (non-hydrogen) atoms. The molecule has 0 unspecified atom stereocenters. The molecule has 0 saturated heterocycles. The van der Waals surface area contributed by atoms with Crippen LogP contribution >= 0.6 is 22.9 Å². The van der Waals surface area contributed by atoms with E-state index in [1.807, 2.05) is 0 Å². The molecule has 0 radical (unpaired) electrons. The van der Waals surface area contributed by atoms with Crippen LogP contribution in [0.5, 0.6) is 5.75 Å². The van der Waals surface area contributed by atoms with E-state index in [0.717, 1.165) is 0 Å². The lowest BCUT2D eigenvalue weighted by molar-refractivity contribution is -0.116. The number of para-hydroxylation sites is 1. The monoisotopic (exact) mass is 661 g/mol. The van der Waals surface area contributed by atoms with Crippen molar-refractivity contribution in [3.8, 4) is 34.2 Å². The topological polar surface area (TPSA) is 154 Å². The molecule has 2 heterocycles. The van der Waals surface area contributed by atoms with Crippen molar-refractivity contribution < 1.29 is 29.0 Å². The Kier molecular flexibility index (Phi) is 11.0. The number of carbonyl (C=O) groups excluding carboxylic acids is 2. The lowest BCUT2D eigenvalue weighted by Crippen LogP contribution is -2.46. The van der Waals surface area contributed by atoms with E-state index in [-0.39, 0.29) is 36.2 Å². The fraction of sp³-hybridized carbons (Fsp3) is 0.242. The second-order valence-corrected chi connectivity index (χ2v) is 12.3. The van der Waals surface area contributed by atoms with Gasteiger partial charge in [0, 0.05) is 53.0 Å². The lowest BCUT2D eigenvalue weighted by atomic mass is 9.97. The van der Waals surface area contributed by atoms with Gasteiger partial charge in [0.15, 0.2) is 12.6 Å². The number of anilines is 2. The van der Waals surface area contributed by atoms with Crippen molar-refractivity contribution in [3.63, 3.8) is 0 Å². The summed E-state index contributed by atoms with van der Waals surface area (Å²) in [7, 11) is 1.50. The second kappa shape index (κ2) is 14.9. The van der Waals surface area contributed by atoms with Crippen LogP contribution in [0.3, 0.4) is 0 Å². The summed E-state index contributed by atoms with van der Waals surface area (Å²) in [6.07, 6.45) is -1.20. The van der Waals surface area contributed by atoms with E-state index < -0.39 is 23.4 Å². The standard InChI is InChI=1S/C33H32ClN5O6S/c1-33(2,3)39(32(42)43)14-13-29(40)36-20-11-12-25(34)23(16-20)22-17-26(21-8-5-6-9-27(21)45-19-44-4)37-30(24(22)18-35)38-31(41)28-10-7-15-46-28/h5-12,15-17H,13-14,19H2,1-4H3,(H,36,40)(H,42,43)(H,37,38,41). The Bertz CT molecular complexity index is 1780. The first-order chi connectivity index (χ1) is 21.9. The van der Waals surface area contributed by atoms with E-state index in [4.69, 9.17) is 21.1 Å². The Morgan fingerprint density at radius 3 is 2.46 bits per heavy atom. The Balaban J connectivity index is 1.77. The Morgan fingerprint density at radius 1 is 1.04 bits per heavy atom. The van der Waals surface area contributed by atoms with Crippen LogP contribution in [-0.4, -0.2) is 58.9 Å². The van der Waals surface area contributed by atoms with Crippen molar-refractivity contribution in [2.24, 2.45) is 0 Å². The number of halogens is 1. The summed E-state index contributed by atoms with van der Waals surface area (Å²) in [4.78, 5) is 43.9. The zero-order chi connectivity index (χ0) is 33.4. The van der Waals surface area contributed by atoms with Gasteiger partial charge >= 0.3 is 6.09 Å². The van der Waals surface area contributed by atoms with Crippen molar-refractivity contribution in [1.82, 2.24) is 9.88 Å². The second-order valence-electron chi connectivity index (χ2n) is 11.0. The quantitative estimate of drug-likeness (QED) is 0.141. The summed E-state index contributed by atoms with van der Waals surface area (Å²) in [6, 6.07) is 19.1. The van der Waals surface area contributed by atoms with Gasteiger partial charge < -0.3 is 30.1 Å². The third-order valence-corrected chi connectivity index (χ3v) is 7.95. The number of amides is 3. The number of benzene rings is 2. The van der Waals surface area contributed by atoms with E-state index in [1.54, 1.807) is 86.8 Å². The van der Waals surface area contributed by atoms with Crippen molar-refractivity contribution in [2.45, 2.75) is 32.7 Å². The van der Waals surface area contributed by atoms with Crippen LogP contribution in [0.25, 0.3) is 22.4 Å². The molecule has 0 saturated carbocycles. The summed E-state index contributed by atoms with van der Waals surface area (Å²) in [5.41, 5.74) is 1.43. The maximum Gasteiger partial charge on any atom is 0.407 e. The number of nitrogens with zero attached hydrogens (tertiary/aromatic N) is 3. The Morgan fingerprint density at radius 2 is 1.80 bits per heavy atom. The van der Waals surface area contributed by atoms with Gasteiger partial charge in [-0.2, -0.15) is 5.26 Å². The van der Waals surface area contributed by atoms with Crippen molar-refractivity contribution >= 4 is 52.4 Å². The highest BCUT2D eigenvalue weighted by Crippen LogP contribution is 2.39. The molecular weight excluding hydrogens is 630 g/mol. The van der Waals surface area contributed by atoms with Crippen molar-refractivity contribution in [3.05, 3.63) is 81.5 Å². The minimum Gasteiger partial charge on any atom is -0.467 e. The van der Waals surface area contributed by atoms with Gasteiger partial charge in [0.05, 0.1) is 10.6 Å². The number of rotatable bonds is 11. The molecule has 238 valence electrons. The molecule has 0 bridgehead atoms. The predicted molar refractivity (Wildman–Crippen MR) is 177 cm³/mol. The van der Waals surface area contributed by atoms with Crippen LogP contribution in [0.1, 0.15) is 42.4 Å². The molecule has 0 aliphatic rings. The van der Waals surface area contributed by atoms with Gasteiger partial charge in [-0.05, 0) is 68.6 Å². The lowest BCUT2D eigenvalue weighted by Gasteiger charge is -2.32. The highest BCUT2D eigenvalue weighted by molar-refractivity contribution is 7.12. The van der Waals surface area contributed by atoms with Crippen LogP contribution in [0, 0.1) is 11.3 Å². The number of carboxylic acid groups (broad SMARTS) is 1. The predicted octanol–water partition coefficient (Wildman–Crippen LogP) is 7.34. The van der Waals surface area contributed by atoms with E-state index in [2.05, 4.69) is 21.7 Å². The molecule has 2 aromatic heterocycles. The zero-order valence-corrected chi connectivity index (χ0v) is 27.2. The number of nitriles is 1. The maximum absolute atomic E-state index is 13.1. The number of carbonyl (C=O) groups is 3. The molecule has 0 fully saturated rings. The van der Waals surface area contributed by atoms with Gasteiger partial charge in [-0.3, -0.25) is 9.59 Å². The number of hydrogen-bond donors (Lipinski definition) is 3. The molecule has 2 aromatic carbocycles. The number of aromatic nitrogens is 1. The molecular formula is C33H32ClN5O6S. The smallest absolute Gasteiger partial charge is 0.407 e. The summed E-state index contributed by atoms with van der Waals surface area (Å²) in [5.74, 6) is -0.381. The minimum absolute atomic E-state index is 0.00470. The Hall–Kier alpha value is -4.96.